The molecule has 70 valence electrons. The summed E-state index contributed by atoms with van der Waals surface area (Å²) < 4.78 is 0. The van der Waals surface area contributed by atoms with Crippen molar-refractivity contribution in [1.29, 1.82) is 0 Å². The summed E-state index contributed by atoms with van der Waals surface area (Å²) in [6.45, 7) is 7.55. The molecule has 0 aromatic carbocycles. The van der Waals surface area contributed by atoms with Gasteiger partial charge in [0.25, 0.3) is 0 Å². The Morgan fingerprint density at radius 2 is 2.08 bits per heavy atom. The van der Waals surface area contributed by atoms with Gasteiger partial charge in [-0.25, -0.2) is 0 Å². The Bertz CT molecular complexity index is 165. The van der Waals surface area contributed by atoms with Crippen LogP contribution in [0.4, 0.5) is 0 Å². The van der Waals surface area contributed by atoms with Crippen LogP contribution < -0.4 is 0 Å². The van der Waals surface area contributed by atoms with E-state index in [0.717, 1.165) is 25.8 Å². The molecule has 1 fully saturated rings. The molecule has 0 aromatic rings. The van der Waals surface area contributed by atoms with Crippen LogP contribution in [0.2, 0.25) is 0 Å². The van der Waals surface area contributed by atoms with E-state index in [-0.39, 0.29) is 0 Å². The lowest BCUT2D eigenvalue weighted by atomic mass is 10.0. The van der Waals surface area contributed by atoms with Crippen molar-refractivity contribution < 1.29 is 4.79 Å². The maximum atomic E-state index is 11.3. The van der Waals surface area contributed by atoms with E-state index in [4.69, 9.17) is 0 Å². The summed E-state index contributed by atoms with van der Waals surface area (Å²) in [5, 5.41) is 0. The summed E-state index contributed by atoms with van der Waals surface area (Å²) in [5.41, 5.74) is 0. The van der Waals surface area contributed by atoms with E-state index >= 15 is 0 Å². The number of carbonyl (C=O) groups is 1. The van der Waals surface area contributed by atoms with E-state index in [0.29, 0.717) is 17.9 Å². The molecule has 2 heteroatoms. The van der Waals surface area contributed by atoms with Crippen molar-refractivity contribution in [3.05, 3.63) is 0 Å². The summed E-state index contributed by atoms with van der Waals surface area (Å²) in [6, 6.07) is 0.444. The molecule has 1 atom stereocenters. The topological polar surface area (TPSA) is 20.3 Å². The molecule has 1 amide bonds. The van der Waals surface area contributed by atoms with Gasteiger partial charge in [-0.3, -0.25) is 4.79 Å². The highest BCUT2D eigenvalue weighted by Crippen LogP contribution is 2.18. The molecule has 0 saturated carbocycles. The first-order valence-electron chi connectivity index (χ1n) is 4.90. The zero-order valence-corrected chi connectivity index (χ0v) is 8.34. The second-order valence-electron chi connectivity index (χ2n) is 4.17. The number of rotatable bonds is 3. The summed E-state index contributed by atoms with van der Waals surface area (Å²) in [6.07, 6.45) is 2.95. The number of nitrogens with zero attached hydrogens (tertiary/aromatic N) is 1. The summed E-state index contributed by atoms with van der Waals surface area (Å²) in [4.78, 5) is 13.4. The van der Waals surface area contributed by atoms with E-state index < -0.39 is 0 Å². The third-order valence-electron chi connectivity index (χ3n) is 2.45. The molecular formula is C10H19NO. The predicted octanol–water partition coefficient (Wildman–Crippen LogP) is 2.04. The van der Waals surface area contributed by atoms with Gasteiger partial charge >= 0.3 is 0 Å². The van der Waals surface area contributed by atoms with Crippen LogP contribution in [0.3, 0.4) is 0 Å². The second kappa shape index (κ2) is 3.92. The summed E-state index contributed by atoms with van der Waals surface area (Å²) in [7, 11) is 0. The molecule has 1 saturated heterocycles. The summed E-state index contributed by atoms with van der Waals surface area (Å²) in [5.74, 6) is 1.04. The minimum Gasteiger partial charge on any atom is -0.340 e. The standard InChI is InChI=1S/C10H19NO/c1-8(2)7-9(3)11-6-4-5-10(11)12/h8-9H,4-7H2,1-3H3. The van der Waals surface area contributed by atoms with Crippen LogP contribution >= 0.6 is 0 Å². The van der Waals surface area contributed by atoms with Crippen LogP contribution in [-0.2, 0) is 4.79 Å². The number of hydrogen-bond acceptors (Lipinski definition) is 1. The van der Waals surface area contributed by atoms with Crippen molar-refractivity contribution in [2.45, 2.75) is 46.1 Å². The molecular weight excluding hydrogens is 150 g/mol. The molecule has 1 rings (SSSR count). The van der Waals surface area contributed by atoms with Crippen molar-refractivity contribution in [1.82, 2.24) is 4.90 Å². The molecule has 1 heterocycles. The molecule has 0 aromatic heterocycles. The number of likely N-dealkylation sites (tertiary alicyclic amines) is 1. The van der Waals surface area contributed by atoms with Gasteiger partial charge in [-0.1, -0.05) is 13.8 Å². The van der Waals surface area contributed by atoms with E-state index in [9.17, 15) is 4.79 Å². The van der Waals surface area contributed by atoms with E-state index in [1.54, 1.807) is 0 Å². The van der Waals surface area contributed by atoms with Crippen LogP contribution in [-0.4, -0.2) is 23.4 Å². The number of carbonyl (C=O) groups excluding carboxylic acids is 1. The zero-order chi connectivity index (χ0) is 9.14. The van der Waals surface area contributed by atoms with Gasteiger partial charge in [0.2, 0.25) is 5.91 Å². The monoisotopic (exact) mass is 169 g/mol. The van der Waals surface area contributed by atoms with Crippen LogP contribution in [0.5, 0.6) is 0 Å². The van der Waals surface area contributed by atoms with Gasteiger partial charge in [0.15, 0.2) is 0 Å². The Labute approximate surface area is 74.9 Å². The molecule has 0 N–H and O–H groups in total. The maximum Gasteiger partial charge on any atom is 0.222 e. The first kappa shape index (κ1) is 9.56. The van der Waals surface area contributed by atoms with Gasteiger partial charge < -0.3 is 4.90 Å². The summed E-state index contributed by atoms with van der Waals surface area (Å²) >= 11 is 0. The van der Waals surface area contributed by atoms with E-state index in [1.165, 1.54) is 0 Å². The number of hydrogen-bond donors (Lipinski definition) is 0. The predicted molar refractivity (Wildman–Crippen MR) is 49.9 cm³/mol. The average molecular weight is 169 g/mol. The molecule has 2 nitrogen and oxygen atoms in total. The minimum absolute atomic E-state index is 0.350. The molecule has 12 heavy (non-hydrogen) atoms. The van der Waals surface area contributed by atoms with Gasteiger partial charge in [0, 0.05) is 19.0 Å². The lowest BCUT2D eigenvalue weighted by Gasteiger charge is -2.25. The van der Waals surface area contributed by atoms with Crippen molar-refractivity contribution in [2.75, 3.05) is 6.54 Å². The normalized spacial score (nSPS) is 20.7. The molecule has 0 bridgehead atoms. The Kier molecular flexibility index (Phi) is 3.12. The Balaban J connectivity index is 2.40. The quantitative estimate of drug-likeness (QED) is 0.633. The molecule has 1 aliphatic heterocycles. The third kappa shape index (κ3) is 2.23. The molecule has 0 spiro atoms. The fourth-order valence-electron chi connectivity index (χ4n) is 1.94. The third-order valence-corrected chi connectivity index (χ3v) is 2.45. The van der Waals surface area contributed by atoms with E-state index in [2.05, 4.69) is 20.8 Å². The highest BCUT2D eigenvalue weighted by Gasteiger charge is 2.24. The van der Waals surface area contributed by atoms with Crippen molar-refractivity contribution in [3.8, 4) is 0 Å². The fraction of sp³-hybridized carbons (Fsp3) is 0.900. The lowest BCUT2D eigenvalue weighted by molar-refractivity contribution is -0.129. The SMILES string of the molecule is CC(C)CC(C)N1CCCC1=O. The average Bonchev–Trinajstić information content (AvgIpc) is 2.33. The Morgan fingerprint density at radius 1 is 1.42 bits per heavy atom. The Hall–Kier alpha value is -0.530. The minimum atomic E-state index is 0.350. The van der Waals surface area contributed by atoms with Gasteiger partial charge in [0.1, 0.15) is 0 Å². The van der Waals surface area contributed by atoms with Gasteiger partial charge in [-0.05, 0) is 25.7 Å². The van der Waals surface area contributed by atoms with Gasteiger partial charge in [-0.2, -0.15) is 0 Å². The fourth-order valence-corrected chi connectivity index (χ4v) is 1.94. The highest BCUT2D eigenvalue weighted by atomic mass is 16.2. The first-order chi connectivity index (χ1) is 5.61. The highest BCUT2D eigenvalue weighted by molar-refractivity contribution is 5.78. The zero-order valence-electron chi connectivity index (χ0n) is 8.34. The van der Waals surface area contributed by atoms with Crippen LogP contribution in [0, 0.1) is 5.92 Å². The first-order valence-corrected chi connectivity index (χ1v) is 4.90. The number of amides is 1. The van der Waals surface area contributed by atoms with E-state index in [1.807, 2.05) is 4.90 Å². The second-order valence-corrected chi connectivity index (χ2v) is 4.17. The van der Waals surface area contributed by atoms with Crippen LogP contribution in [0.1, 0.15) is 40.0 Å². The van der Waals surface area contributed by atoms with Crippen LogP contribution in [0.25, 0.3) is 0 Å². The molecule has 0 radical (unpaired) electrons. The lowest BCUT2D eigenvalue weighted by Crippen LogP contribution is -2.34. The molecule has 1 unspecified atom stereocenters. The maximum absolute atomic E-state index is 11.3. The molecule has 1 aliphatic rings. The Morgan fingerprint density at radius 3 is 2.50 bits per heavy atom. The van der Waals surface area contributed by atoms with Crippen LogP contribution in [0.15, 0.2) is 0 Å². The van der Waals surface area contributed by atoms with Gasteiger partial charge in [-0.15, -0.1) is 0 Å². The smallest absolute Gasteiger partial charge is 0.222 e. The van der Waals surface area contributed by atoms with Crippen molar-refractivity contribution in [2.24, 2.45) is 5.92 Å². The van der Waals surface area contributed by atoms with Gasteiger partial charge in [0.05, 0.1) is 0 Å². The molecule has 0 aliphatic carbocycles. The van der Waals surface area contributed by atoms with Crippen molar-refractivity contribution >= 4 is 5.91 Å². The van der Waals surface area contributed by atoms with Crippen molar-refractivity contribution in [3.63, 3.8) is 0 Å². The largest absolute Gasteiger partial charge is 0.340 e.